The fourth-order valence-corrected chi connectivity index (χ4v) is 2.14. The highest BCUT2D eigenvalue weighted by Crippen LogP contribution is 2.30. The lowest BCUT2D eigenvalue weighted by atomic mass is 9.77. The van der Waals surface area contributed by atoms with Crippen LogP contribution in [0.3, 0.4) is 0 Å². The van der Waals surface area contributed by atoms with Crippen LogP contribution >= 0.6 is 0 Å². The summed E-state index contributed by atoms with van der Waals surface area (Å²) in [5.74, 6) is -1.43. The standard InChI is InChI=1S/C12H22N2O3/c1-3-12(5-4-6-13-8-12)11(17)14-7-9(2)10(15)16/h9,13H,3-8H2,1-2H3,(H,14,17)(H,15,16). The minimum absolute atomic E-state index is 0.0136. The van der Waals surface area contributed by atoms with Crippen LogP contribution in [-0.2, 0) is 9.59 Å². The second-order valence-corrected chi connectivity index (χ2v) is 4.86. The van der Waals surface area contributed by atoms with E-state index in [1.807, 2.05) is 6.92 Å². The number of carboxylic acids is 1. The lowest BCUT2D eigenvalue weighted by Gasteiger charge is -2.35. The smallest absolute Gasteiger partial charge is 0.308 e. The van der Waals surface area contributed by atoms with Crippen molar-refractivity contribution in [1.82, 2.24) is 10.6 Å². The molecule has 0 aromatic rings. The van der Waals surface area contributed by atoms with Gasteiger partial charge in [-0.3, -0.25) is 9.59 Å². The van der Waals surface area contributed by atoms with Gasteiger partial charge in [0.25, 0.3) is 0 Å². The maximum absolute atomic E-state index is 12.1. The topological polar surface area (TPSA) is 78.4 Å². The number of piperidine rings is 1. The highest BCUT2D eigenvalue weighted by molar-refractivity contribution is 5.83. The summed E-state index contributed by atoms with van der Waals surface area (Å²) in [7, 11) is 0. The molecule has 2 atom stereocenters. The van der Waals surface area contributed by atoms with Crippen LogP contribution in [0.25, 0.3) is 0 Å². The molecule has 1 fully saturated rings. The second kappa shape index (κ2) is 6.00. The summed E-state index contributed by atoms with van der Waals surface area (Å²) >= 11 is 0. The van der Waals surface area contributed by atoms with Crippen molar-refractivity contribution in [2.24, 2.45) is 11.3 Å². The summed E-state index contributed by atoms with van der Waals surface area (Å²) in [6.45, 7) is 5.46. The van der Waals surface area contributed by atoms with Gasteiger partial charge in [0.1, 0.15) is 0 Å². The fourth-order valence-electron chi connectivity index (χ4n) is 2.14. The monoisotopic (exact) mass is 242 g/mol. The zero-order valence-electron chi connectivity index (χ0n) is 10.6. The third-order valence-electron chi connectivity index (χ3n) is 3.62. The average molecular weight is 242 g/mol. The van der Waals surface area contributed by atoms with Crippen LogP contribution in [0.5, 0.6) is 0 Å². The van der Waals surface area contributed by atoms with Crippen LogP contribution in [-0.4, -0.2) is 36.6 Å². The van der Waals surface area contributed by atoms with E-state index in [0.717, 1.165) is 25.8 Å². The Hall–Kier alpha value is -1.10. The molecule has 0 aromatic heterocycles. The van der Waals surface area contributed by atoms with Crippen molar-refractivity contribution >= 4 is 11.9 Å². The van der Waals surface area contributed by atoms with Crippen LogP contribution in [0.2, 0.25) is 0 Å². The van der Waals surface area contributed by atoms with Crippen molar-refractivity contribution in [3.8, 4) is 0 Å². The summed E-state index contributed by atoms with van der Waals surface area (Å²) in [5, 5.41) is 14.8. The van der Waals surface area contributed by atoms with E-state index < -0.39 is 11.9 Å². The average Bonchev–Trinajstić information content (AvgIpc) is 2.36. The Kier molecular flexibility index (Phi) is 4.93. The van der Waals surface area contributed by atoms with Gasteiger partial charge in [0.2, 0.25) is 5.91 Å². The normalized spacial score (nSPS) is 26.2. The minimum Gasteiger partial charge on any atom is -0.481 e. The SMILES string of the molecule is CCC1(C(=O)NCC(C)C(=O)O)CCCNC1. The maximum Gasteiger partial charge on any atom is 0.308 e. The number of rotatable bonds is 5. The molecule has 3 N–H and O–H groups in total. The number of hydrogen-bond acceptors (Lipinski definition) is 3. The summed E-state index contributed by atoms with van der Waals surface area (Å²) in [4.78, 5) is 22.8. The molecule has 5 nitrogen and oxygen atoms in total. The van der Waals surface area contributed by atoms with Gasteiger partial charge in [0, 0.05) is 13.1 Å². The minimum atomic E-state index is -0.877. The van der Waals surface area contributed by atoms with E-state index in [9.17, 15) is 9.59 Å². The second-order valence-electron chi connectivity index (χ2n) is 4.86. The van der Waals surface area contributed by atoms with Crippen molar-refractivity contribution in [3.05, 3.63) is 0 Å². The highest BCUT2D eigenvalue weighted by atomic mass is 16.4. The predicted octanol–water partition coefficient (Wildman–Crippen LogP) is 0.603. The Bertz CT molecular complexity index is 285. The first-order valence-corrected chi connectivity index (χ1v) is 6.23. The van der Waals surface area contributed by atoms with Crippen molar-refractivity contribution in [2.75, 3.05) is 19.6 Å². The molecule has 0 spiro atoms. The van der Waals surface area contributed by atoms with Gasteiger partial charge in [-0.1, -0.05) is 13.8 Å². The van der Waals surface area contributed by atoms with Gasteiger partial charge in [-0.2, -0.15) is 0 Å². The quantitative estimate of drug-likeness (QED) is 0.660. The van der Waals surface area contributed by atoms with E-state index in [0.29, 0.717) is 6.54 Å². The van der Waals surface area contributed by atoms with Gasteiger partial charge in [-0.05, 0) is 25.8 Å². The molecule has 1 aliphatic rings. The van der Waals surface area contributed by atoms with E-state index >= 15 is 0 Å². The number of carboxylic acid groups (broad SMARTS) is 1. The number of nitrogens with one attached hydrogen (secondary N) is 2. The van der Waals surface area contributed by atoms with E-state index in [1.165, 1.54) is 0 Å². The highest BCUT2D eigenvalue weighted by Gasteiger charge is 2.37. The molecule has 98 valence electrons. The van der Waals surface area contributed by atoms with Crippen molar-refractivity contribution in [3.63, 3.8) is 0 Å². The maximum atomic E-state index is 12.1. The molecule has 1 aliphatic heterocycles. The van der Waals surface area contributed by atoms with Crippen LogP contribution in [0.1, 0.15) is 33.1 Å². The van der Waals surface area contributed by atoms with Crippen LogP contribution in [0.4, 0.5) is 0 Å². The molecular formula is C12H22N2O3. The summed E-state index contributed by atoms with van der Waals surface area (Å²) in [6, 6.07) is 0. The molecule has 1 rings (SSSR count). The van der Waals surface area contributed by atoms with Gasteiger partial charge in [0.05, 0.1) is 11.3 Å². The Morgan fingerprint density at radius 3 is 2.71 bits per heavy atom. The lowest BCUT2D eigenvalue weighted by molar-refractivity contribution is -0.141. The van der Waals surface area contributed by atoms with Gasteiger partial charge >= 0.3 is 5.97 Å². The van der Waals surface area contributed by atoms with Crippen molar-refractivity contribution in [2.45, 2.75) is 33.1 Å². The van der Waals surface area contributed by atoms with Gasteiger partial charge < -0.3 is 15.7 Å². The lowest BCUT2D eigenvalue weighted by Crippen LogP contribution is -2.51. The van der Waals surface area contributed by atoms with E-state index in [1.54, 1.807) is 6.92 Å². The fraction of sp³-hybridized carbons (Fsp3) is 0.833. The van der Waals surface area contributed by atoms with E-state index in [4.69, 9.17) is 5.11 Å². The summed E-state index contributed by atoms with van der Waals surface area (Å²) in [6.07, 6.45) is 2.66. The molecule has 1 amide bonds. The third kappa shape index (κ3) is 3.43. The van der Waals surface area contributed by atoms with E-state index in [2.05, 4.69) is 10.6 Å². The molecule has 2 unspecified atom stereocenters. The molecule has 17 heavy (non-hydrogen) atoms. The summed E-state index contributed by atoms with van der Waals surface area (Å²) in [5.41, 5.74) is -0.351. The van der Waals surface area contributed by atoms with Crippen molar-refractivity contribution < 1.29 is 14.7 Å². The third-order valence-corrected chi connectivity index (χ3v) is 3.62. The van der Waals surface area contributed by atoms with E-state index in [-0.39, 0.29) is 17.9 Å². The largest absolute Gasteiger partial charge is 0.481 e. The molecule has 0 bridgehead atoms. The number of aliphatic carboxylic acids is 1. The zero-order valence-corrected chi connectivity index (χ0v) is 10.6. The summed E-state index contributed by atoms with van der Waals surface area (Å²) < 4.78 is 0. The van der Waals surface area contributed by atoms with Gasteiger partial charge in [-0.25, -0.2) is 0 Å². The number of carbonyl (C=O) groups is 2. The Labute approximate surface area is 102 Å². The first-order valence-electron chi connectivity index (χ1n) is 6.23. The molecular weight excluding hydrogens is 220 g/mol. The Balaban J connectivity index is 2.52. The molecule has 0 aliphatic carbocycles. The Morgan fingerprint density at radius 1 is 1.53 bits per heavy atom. The first kappa shape index (κ1) is 14.0. The molecule has 1 heterocycles. The molecule has 1 saturated heterocycles. The number of carbonyl (C=O) groups excluding carboxylic acids is 1. The number of amides is 1. The molecule has 5 heteroatoms. The zero-order chi connectivity index (χ0) is 12.9. The van der Waals surface area contributed by atoms with Gasteiger partial charge in [0.15, 0.2) is 0 Å². The molecule has 0 saturated carbocycles. The van der Waals surface area contributed by atoms with Crippen molar-refractivity contribution in [1.29, 1.82) is 0 Å². The van der Waals surface area contributed by atoms with Crippen LogP contribution in [0.15, 0.2) is 0 Å². The molecule has 0 radical (unpaired) electrons. The predicted molar refractivity (Wildman–Crippen MR) is 64.6 cm³/mol. The van der Waals surface area contributed by atoms with Crippen LogP contribution < -0.4 is 10.6 Å². The van der Waals surface area contributed by atoms with Crippen LogP contribution in [0, 0.1) is 11.3 Å². The molecule has 0 aromatic carbocycles. The van der Waals surface area contributed by atoms with Gasteiger partial charge in [-0.15, -0.1) is 0 Å². The first-order chi connectivity index (χ1) is 8.02. The Morgan fingerprint density at radius 2 is 2.24 bits per heavy atom. The number of hydrogen-bond donors (Lipinski definition) is 3.